The quantitative estimate of drug-likeness (QED) is 0.562. The minimum atomic E-state index is -1.04. The summed E-state index contributed by atoms with van der Waals surface area (Å²) in [6, 6.07) is 14.1. The Morgan fingerprint density at radius 2 is 1.69 bits per heavy atom. The molecule has 1 unspecified atom stereocenters. The van der Waals surface area contributed by atoms with Crippen LogP contribution in [0.25, 0.3) is 0 Å². The molecule has 9 nitrogen and oxygen atoms in total. The van der Waals surface area contributed by atoms with Crippen LogP contribution in [0.3, 0.4) is 0 Å². The molecule has 1 heterocycles. The van der Waals surface area contributed by atoms with Crippen LogP contribution in [-0.2, 0) is 22.7 Å². The van der Waals surface area contributed by atoms with E-state index in [0.717, 1.165) is 11.1 Å². The lowest BCUT2D eigenvalue weighted by Gasteiger charge is -2.31. The highest BCUT2D eigenvalue weighted by Crippen LogP contribution is 2.25. The van der Waals surface area contributed by atoms with E-state index in [2.05, 4.69) is 10.6 Å². The molecule has 9 heteroatoms. The number of hydrogen-bond donors (Lipinski definition) is 3. The van der Waals surface area contributed by atoms with Gasteiger partial charge in [-0.15, -0.1) is 0 Å². The van der Waals surface area contributed by atoms with Gasteiger partial charge >= 0.3 is 6.03 Å². The van der Waals surface area contributed by atoms with Gasteiger partial charge in [-0.05, 0) is 40.8 Å². The number of urea groups is 1. The van der Waals surface area contributed by atoms with E-state index < -0.39 is 18.1 Å². The average molecular weight is 482 g/mol. The predicted octanol–water partition coefficient (Wildman–Crippen LogP) is 2.91. The maximum absolute atomic E-state index is 13.3. The van der Waals surface area contributed by atoms with Gasteiger partial charge in [0.2, 0.25) is 5.91 Å². The minimum Gasteiger partial charge on any atom is -0.497 e. The van der Waals surface area contributed by atoms with E-state index in [1.54, 1.807) is 31.4 Å². The van der Waals surface area contributed by atoms with Crippen LogP contribution in [0.2, 0.25) is 0 Å². The molecular weight excluding hydrogens is 446 g/mol. The maximum atomic E-state index is 13.3. The number of nitrogens with two attached hydrogens (primary N) is 1. The van der Waals surface area contributed by atoms with E-state index in [1.807, 2.05) is 45.0 Å². The standard InChI is InChI=1S/C26H35N5O4/c1-26(2,3)15-22(32)30-12-13-31(25(34)29-20-8-10-21(35-4)11-9-20)24(30)23(33)28-17-19-7-5-6-18(14-19)16-27/h5-11,14,24H,12-13,15-17,27H2,1-4H3,(H,28,33)(H,29,34). The summed E-state index contributed by atoms with van der Waals surface area (Å²) in [7, 11) is 1.57. The van der Waals surface area contributed by atoms with Crippen LogP contribution in [0, 0.1) is 5.41 Å². The second-order valence-corrected chi connectivity index (χ2v) is 9.79. The topological polar surface area (TPSA) is 117 Å². The van der Waals surface area contributed by atoms with Crippen molar-refractivity contribution in [3.8, 4) is 5.75 Å². The monoisotopic (exact) mass is 481 g/mol. The van der Waals surface area contributed by atoms with Gasteiger partial charge in [0.05, 0.1) is 7.11 Å². The van der Waals surface area contributed by atoms with E-state index in [9.17, 15) is 14.4 Å². The Kier molecular flexibility index (Phi) is 8.34. The molecule has 1 saturated heterocycles. The fourth-order valence-electron chi connectivity index (χ4n) is 3.96. The lowest BCUT2D eigenvalue weighted by Crippen LogP contribution is -2.54. The van der Waals surface area contributed by atoms with Gasteiger partial charge in [-0.25, -0.2) is 4.79 Å². The zero-order chi connectivity index (χ0) is 25.6. The van der Waals surface area contributed by atoms with Crippen LogP contribution in [-0.4, -0.2) is 54.0 Å². The normalized spacial score (nSPS) is 15.6. The molecule has 0 bridgehead atoms. The third-order valence-corrected chi connectivity index (χ3v) is 5.70. The highest BCUT2D eigenvalue weighted by molar-refractivity contribution is 5.96. The van der Waals surface area contributed by atoms with Crippen molar-refractivity contribution in [3.05, 3.63) is 59.7 Å². The molecule has 35 heavy (non-hydrogen) atoms. The van der Waals surface area contributed by atoms with Crippen LogP contribution in [0.15, 0.2) is 48.5 Å². The fraction of sp³-hybridized carbons (Fsp3) is 0.423. The van der Waals surface area contributed by atoms with E-state index >= 15 is 0 Å². The summed E-state index contributed by atoms with van der Waals surface area (Å²) in [6.45, 7) is 7.10. The molecule has 1 fully saturated rings. The molecular formula is C26H35N5O4. The highest BCUT2D eigenvalue weighted by atomic mass is 16.5. The highest BCUT2D eigenvalue weighted by Gasteiger charge is 2.43. The number of ether oxygens (including phenoxy) is 1. The molecule has 0 aliphatic carbocycles. The molecule has 1 aliphatic heterocycles. The van der Waals surface area contributed by atoms with Gasteiger partial charge in [0.1, 0.15) is 5.75 Å². The number of nitrogens with zero attached hydrogens (tertiary/aromatic N) is 2. The molecule has 2 aromatic carbocycles. The number of hydrogen-bond acceptors (Lipinski definition) is 5. The van der Waals surface area contributed by atoms with Crippen LogP contribution < -0.4 is 21.1 Å². The second-order valence-electron chi connectivity index (χ2n) is 9.79. The van der Waals surface area contributed by atoms with Crippen molar-refractivity contribution in [3.63, 3.8) is 0 Å². The number of nitrogens with one attached hydrogen (secondary N) is 2. The van der Waals surface area contributed by atoms with Gasteiger partial charge in [-0.3, -0.25) is 14.5 Å². The van der Waals surface area contributed by atoms with E-state index in [-0.39, 0.29) is 37.4 Å². The lowest BCUT2D eigenvalue weighted by molar-refractivity contribution is -0.142. The molecule has 0 radical (unpaired) electrons. The first kappa shape index (κ1) is 26.0. The fourth-order valence-corrected chi connectivity index (χ4v) is 3.96. The first-order valence-electron chi connectivity index (χ1n) is 11.7. The molecule has 1 atom stereocenters. The van der Waals surface area contributed by atoms with Gasteiger partial charge in [-0.1, -0.05) is 45.0 Å². The Labute approximate surface area is 206 Å². The molecule has 3 rings (SSSR count). The Morgan fingerprint density at radius 3 is 2.31 bits per heavy atom. The van der Waals surface area contributed by atoms with Crippen molar-refractivity contribution in [2.75, 3.05) is 25.5 Å². The van der Waals surface area contributed by atoms with Crippen molar-refractivity contribution in [2.24, 2.45) is 11.1 Å². The second kappa shape index (κ2) is 11.2. The van der Waals surface area contributed by atoms with Crippen LogP contribution >= 0.6 is 0 Å². The molecule has 4 N–H and O–H groups in total. The number of carbonyl (C=O) groups excluding carboxylic acids is 3. The Morgan fingerprint density at radius 1 is 1.03 bits per heavy atom. The molecule has 2 aromatic rings. The summed E-state index contributed by atoms with van der Waals surface area (Å²) in [4.78, 5) is 42.5. The van der Waals surface area contributed by atoms with Crippen molar-refractivity contribution in [2.45, 2.75) is 46.4 Å². The molecule has 188 valence electrons. The summed E-state index contributed by atoms with van der Waals surface area (Å²) >= 11 is 0. The largest absolute Gasteiger partial charge is 0.497 e. The van der Waals surface area contributed by atoms with Gasteiger partial charge in [-0.2, -0.15) is 0 Å². The molecule has 0 aromatic heterocycles. The smallest absolute Gasteiger partial charge is 0.323 e. The SMILES string of the molecule is COc1ccc(NC(=O)N2CCN(C(=O)CC(C)(C)C)C2C(=O)NCc2cccc(CN)c2)cc1. The van der Waals surface area contributed by atoms with Crippen LogP contribution in [0.5, 0.6) is 5.75 Å². The summed E-state index contributed by atoms with van der Waals surface area (Å²) in [5, 5.41) is 5.71. The third kappa shape index (κ3) is 6.95. The number of benzene rings is 2. The zero-order valence-electron chi connectivity index (χ0n) is 20.8. The zero-order valence-corrected chi connectivity index (χ0v) is 20.8. The third-order valence-electron chi connectivity index (χ3n) is 5.70. The molecule has 0 saturated carbocycles. The maximum Gasteiger partial charge on any atom is 0.323 e. The molecule has 0 spiro atoms. The summed E-state index contributed by atoms with van der Waals surface area (Å²) < 4.78 is 5.15. The van der Waals surface area contributed by atoms with Crippen molar-refractivity contribution in [1.82, 2.24) is 15.1 Å². The van der Waals surface area contributed by atoms with Crippen molar-refractivity contribution < 1.29 is 19.1 Å². The van der Waals surface area contributed by atoms with Gasteiger partial charge < -0.3 is 26.0 Å². The van der Waals surface area contributed by atoms with E-state index in [4.69, 9.17) is 10.5 Å². The summed E-state index contributed by atoms with van der Waals surface area (Å²) in [5.41, 5.74) is 7.88. The summed E-state index contributed by atoms with van der Waals surface area (Å²) in [5.74, 6) is 0.0920. The number of carbonyl (C=O) groups is 3. The van der Waals surface area contributed by atoms with Crippen molar-refractivity contribution >= 4 is 23.5 Å². The Balaban J connectivity index is 1.77. The van der Waals surface area contributed by atoms with Gasteiger partial charge in [0, 0.05) is 38.3 Å². The molecule has 1 aliphatic rings. The Hall–Kier alpha value is -3.59. The van der Waals surface area contributed by atoms with Gasteiger partial charge in [0.15, 0.2) is 6.17 Å². The number of methoxy groups -OCH3 is 1. The molecule has 4 amide bonds. The lowest BCUT2D eigenvalue weighted by atomic mass is 9.91. The first-order valence-corrected chi connectivity index (χ1v) is 11.7. The minimum absolute atomic E-state index is 0.164. The van der Waals surface area contributed by atoms with E-state index in [1.165, 1.54) is 9.80 Å². The van der Waals surface area contributed by atoms with E-state index in [0.29, 0.717) is 18.0 Å². The van der Waals surface area contributed by atoms with Crippen molar-refractivity contribution in [1.29, 1.82) is 0 Å². The predicted molar refractivity (Wildman–Crippen MR) is 134 cm³/mol. The first-order chi connectivity index (χ1) is 16.6. The van der Waals surface area contributed by atoms with Crippen LogP contribution in [0.1, 0.15) is 38.3 Å². The summed E-state index contributed by atoms with van der Waals surface area (Å²) in [6.07, 6.45) is -0.774. The Bertz CT molecular complexity index is 1050. The van der Waals surface area contributed by atoms with Crippen LogP contribution in [0.4, 0.5) is 10.5 Å². The average Bonchev–Trinajstić information content (AvgIpc) is 3.28. The number of amides is 4. The number of anilines is 1. The number of rotatable bonds is 7. The van der Waals surface area contributed by atoms with Gasteiger partial charge in [0.25, 0.3) is 5.91 Å².